The van der Waals surface area contributed by atoms with Gasteiger partial charge in [0.2, 0.25) is 10.0 Å². The third kappa shape index (κ3) is 3.80. The molecule has 2 aliphatic carbocycles. The van der Waals surface area contributed by atoms with E-state index >= 15 is 0 Å². The average molecular weight is 407 g/mol. The Morgan fingerprint density at radius 3 is 2.46 bits per heavy atom. The predicted octanol–water partition coefficient (Wildman–Crippen LogP) is 1.21. The third-order valence-corrected chi connectivity index (χ3v) is 7.94. The quantitative estimate of drug-likeness (QED) is 0.687. The van der Waals surface area contributed by atoms with Gasteiger partial charge in [0.25, 0.3) is 5.91 Å². The van der Waals surface area contributed by atoms with Crippen LogP contribution in [-0.2, 0) is 37.2 Å². The number of sulfonamides is 1. The first-order chi connectivity index (χ1) is 13.4. The van der Waals surface area contributed by atoms with E-state index in [1.807, 2.05) is 13.0 Å². The van der Waals surface area contributed by atoms with Gasteiger partial charge in [-0.05, 0) is 54.9 Å². The maximum atomic E-state index is 12.9. The SMILES string of the molecule is C[C@@H]1C[C@H]1C(=O)OCC(=O)N1CCN(S(=O)(=O)c2ccc3c(c2)CCC3)CC1. The van der Waals surface area contributed by atoms with E-state index in [0.29, 0.717) is 23.9 Å². The molecule has 1 aromatic carbocycles. The van der Waals surface area contributed by atoms with Crippen molar-refractivity contribution in [2.45, 2.75) is 37.5 Å². The summed E-state index contributed by atoms with van der Waals surface area (Å²) in [7, 11) is -3.56. The molecule has 4 rings (SSSR count). The fourth-order valence-electron chi connectivity index (χ4n) is 4.02. The highest BCUT2D eigenvalue weighted by Gasteiger charge is 2.41. The number of hydrogen-bond donors (Lipinski definition) is 0. The minimum absolute atomic E-state index is 0.0675. The first-order valence-electron chi connectivity index (χ1n) is 9.92. The highest BCUT2D eigenvalue weighted by molar-refractivity contribution is 7.89. The lowest BCUT2D eigenvalue weighted by Gasteiger charge is -2.34. The Morgan fingerprint density at radius 2 is 1.79 bits per heavy atom. The van der Waals surface area contributed by atoms with E-state index in [9.17, 15) is 18.0 Å². The number of amides is 1. The Balaban J connectivity index is 1.32. The van der Waals surface area contributed by atoms with Crippen LogP contribution < -0.4 is 0 Å². The van der Waals surface area contributed by atoms with E-state index in [2.05, 4.69) is 0 Å². The highest BCUT2D eigenvalue weighted by atomic mass is 32.2. The van der Waals surface area contributed by atoms with Gasteiger partial charge in [0, 0.05) is 26.2 Å². The maximum absolute atomic E-state index is 12.9. The molecule has 0 radical (unpaired) electrons. The summed E-state index contributed by atoms with van der Waals surface area (Å²) in [4.78, 5) is 25.9. The molecule has 0 aromatic heterocycles. The number of aryl methyl sites for hydroxylation is 2. The van der Waals surface area contributed by atoms with Gasteiger partial charge in [-0.15, -0.1) is 0 Å². The number of rotatable bonds is 5. The molecule has 0 bridgehead atoms. The highest BCUT2D eigenvalue weighted by Crippen LogP contribution is 2.38. The van der Waals surface area contributed by atoms with Crippen molar-refractivity contribution in [3.63, 3.8) is 0 Å². The van der Waals surface area contributed by atoms with E-state index in [1.165, 1.54) is 9.87 Å². The van der Waals surface area contributed by atoms with Gasteiger partial charge in [-0.1, -0.05) is 13.0 Å². The molecule has 3 aliphatic rings. The first-order valence-corrected chi connectivity index (χ1v) is 11.4. The smallest absolute Gasteiger partial charge is 0.309 e. The number of ether oxygens (including phenoxy) is 1. The van der Waals surface area contributed by atoms with Gasteiger partial charge in [0.15, 0.2) is 6.61 Å². The molecule has 0 N–H and O–H groups in total. The van der Waals surface area contributed by atoms with Crippen molar-refractivity contribution >= 4 is 21.9 Å². The number of esters is 1. The molecule has 1 aromatic rings. The lowest BCUT2D eigenvalue weighted by Crippen LogP contribution is -2.51. The molecule has 1 heterocycles. The molecule has 1 aliphatic heterocycles. The summed E-state index contributed by atoms with van der Waals surface area (Å²) in [5.41, 5.74) is 2.37. The largest absolute Gasteiger partial charge is 0.455 e. The van der Waals surface area contributed by atoms with Crippen LogP contribution in [0.1, 0.15) is 30.9 Å². The van der Waals surface area contributed by atoms with Crippen molar-refractivity contribution in [2.75, 3.05) is 32.8 Å². The van der Waals surface area contributed by atoms with Crippen molar-refractivity contribution in [2.24, 2.45) is 11.8 Å². The fourth-order valence-corrected chi connectivity index (χ4v) is 5.49. The normalized spacial score (nSPS) is 24.7. The van der Waals surface area contributed by atoms with Crippen molar-refractivity contribution in [3.05, 3.63) is 29.3 Å². The molecule has 2 fully saturated rings. The van der Waals surface area contributed by atoms with E-state index in [4.69, 9.17) is 4.74 Å². The Bertz CT molecular complexity index is 890. The van der Waals surface area contributed by atoms with Crippen LogP contribution in [0, 0.1) is 11.8 Å². The van der Waals surface area contributed by atoms with Gasteiger partial charge in [-0.25, -0.2) is 8.42 Å². The van der Waals surface area contributed by atoms with Gasteiger partial charge in [0.1, 0.15) is 0 Å². The minimum Gasteiger partial charge on any atom is -0.455 e. The third-order valence-electron chi connectivity index (χ3n) is 6.05. The Morgan fingerprint density at radius 1 is 1.11 bits per heavy atom. The number of fused-ring (bicyclic) bond motifs is 1. The summed E-state index contributed by atoms with van der Waals surface area (Å²) < 4.78 is 32.4. The van der Waals surface area contributed by atoms with Crippen molar-refractivity contribution in [3.8, 4) is 0 Å². The number of carbonyl (C=O) groups is 2. The lowest BCUT2D eigenvalue weighted by atomic mass is 10.1. The van der Waals surface area contributed by atoms with Crippen molar-refractivity contribution in [1.82, 2.24) is 9.21 Å². The second-order valence-corrected chi connectivity index (χ2v) is 9.93. The van der Waals surface area contributed by atoms with Crippen LogP contribution in [0.3, 0.4) is 0 Å². The molecule has 1 saturated heterocycles. The molecule has 0 unspecified atom stereocenters. The van der Waals surface area contributed by atoms with Crippen LogP contribution in [0.4, 0.5) is 0 Å². The summed E-state index contributed by atoms with van der Waals surface area (Å²) in [5, 5.41) is 0. The number of carbonyl (C=O) groups excluding carboxylic acids is 2. The Labute approximate surface area is 165 Å². The van der Waals surface area contributed by atoms with E-state index in [0.717, 1.165) is 31.2 Å². The minimum atomic E-state index is -3.56. The number of nitrogens with zero attached hydrogens (tertiary/aromatic N) is 2. The summed E-state index contributed by atoms with van der Waals surface area (Å²) in [5.74, 6) is -0.299. The number of hydrogen-bond acceptors (Lipinski definition) is 5. The van der Waals surface area contributed by atoms with Crippen LogP contribution in [-0.4, -0.2) is 62.3 Å². The summed E-state index contributed by atoms with van der Waals surface area (Å²) in [6.07, 6.45) is 3.84. The number of benzene rings is 1. The predicted molar refractivity (Wildman–Crippen MR) is 102 cm³/mol. The summed E-state index contributed by atoms with van der Waals surface area (Å²) >= 11 is 0. The van der Waals surface area contributed by atoms with Crippen LogP contribution in [0.25, 0.3) is 0 Å². The van der Waals surface area contributed by atoms with E-state index < -0.39 is 10.0 Å². The fraction of sp³-hybridized carbons (Fsp3) is 0.600. The topological polar surface area (TPSA) is 84.0 Å². The monoisotopic (exact) mass is 406 g/mol. The lowest BCUT2D eigenvalue weighted by molar-refractivity contribution is -0.153. The standard InChI is InChI=1S/C20H26N2O5S/c1-14-11-18(14)20(24)27-13-19(23)21-7-9-22(10-8-21)28(25,26)17-6-5-15-3-2-4-16(15)12-17/h5-6,12,14,18H,2-4,7-11,13H2,1H3/t14-,18-/m1/s1. The molecule has 0 spiro atoms. The summed E-state index contributed by atoms with van der Waals surface area (Å²) in [6.45, 7) is 2.83. The van der Waals surface area contributed by atoms with Crippen LogP contribution >= 0.6 is 0 Å². The van der Waals surface area contributed by atoms with Gasteiger partial charge < -0.3 is 9.64 Å². The summed E-state index contributed by atoms with van der Waals surface area (Å²) in [6, 6.07) is 5.41. The number of piperazine rings is 1. The van der Waals surface area contributed by atoms with Gasteiger partial charge in [-0.3, -0.25) is 9.59 Å². The Kier molecular flexibility index (Phi) is 5.18. The molecular formula is C20H26N2O5S. The molecular weight excluding hydrogens is 380 g/mol. The molecule has 28 heavy (non-hydrogen) atoms. The van der Waals surface area contributed by atoms with Gasteiger partial charge in [-0.2, -0.15) is 4.31 Å². The second kappa shape index (κ2) is 7.48. The van der Waals surface area contributed by atoms with E-state index in [1.54, 1.807) is 17.0 Å². The Hall–Kier alpha value is -1.93. The van der Waals surface area contributed by atoms with Gasteiger partial charge >= 0.3 is 5.97 Å². The molecule has 1 saturated carbocycles. The zero-order valence-corrected chi connectivity index (χ0v) is 16.9. The maximum Gasteiger partial charge on any atom is 0.309 e. The van der Waals surface area contributed by atoms with Crippen LogP contribution in [0.15, 0.2) is 23.1 Å². The molecule has 152 valence electrons. The van der Waals surface area contributed by atoms with E-state index in [-0.39, 0.29) is 37.5 Å². The zero-order valence-electron chi connectivity index (χ0n) is 16.1. The van der Waals surface area contributed by atoms with Crippen molar-refractivity contribution in [1.29, 1.82) is 0 Å². The molecule has 7 nitrogen and oxygen atoms in total. The molecule has 8 heteroatoms. The molecule has 2 atom stereocenters. The van der Waals surface area contributed by atoms with Crippen LogP contribution in [0.5, 0.6) is 0 Å². The van der Waals surface area contributed by atoms with Crippen LogP contribution in [0.2, 0.25) is 0 Å². The molecule has 1 amide bonds. The van der Waals surface area contributed by atoms with Gasteiger partial charge in [0.05, 0.1) is 10.8 Å². The van der Waals surface area contributed by atoms with Crippen molar-refractivity contribution < 1.29 is 22.7 Å². The second-order valence-electron chi connectivity index (χ2n) is 8.00. The first kappa shape index (κ1) is 19.4. The zero-order chi connectivity index (χ0) is 19.9. The average Bonchev–Trinajstić information content (AvgIpc) is 3.24.